The van der Waals surface area contributed by atoms with E-state index in [1.165, 1.54) is 0 Å². The molecule has 0 bridgehead atoms. The summed E-state index contributed by atoms with van der Waals surface area (Å²) in [6.07, 6.45) is 0.411. The van der Waals surface area contributed by atoms with Crippen LogP contribution in [0, 0.1) is 0 Å². The fourth-order valence-corrected chi connectivity index (χ4v) is 1.70. The third kappa shape index (κ3) is 1.44. The van der Waals surface area contributed by atoms with Gasteiger partial charge in [0.2, 0.25) is 5.91 Å². The van der Waals surface area contributed by atoms with E-state index in [0.717, 1.165) is 5.69 Å². The Balaban J connectivity index is 2.32. The summed E-state index contributed by atoms with van der Waals surface area (Å²) >= 11 is 0. The largest absolute Gasteiger partial charge is 0.397 e. The number of nitrogens with zero attached hydrogens (tertiary/aromatic N) is 1. The minimum absolute atomic E-state index is 0.0513. The van der Waals surface area contributed by atoms with Crippen LogP contribution < -0.4 is 16.4 Å². The van der Waals surface area contributed by atoms with Crippen molar-refractivity contribution in [2.45, 2.75) is 12.5 Å². The van der Waals surface area contributed by atoms with E-state index in [9.17, 15) is 4.79 Å². The number of carbonyl (C=O) groups excluding carboxylic acids is 1. The van der Waals surface area contributed by atoms with E-state index < -0.39 is 0 Å². The molecule has 1 unspecified atom stereocenters. The first-order chi connectivity index (χ1) is 6.68. The lowest BCUT2D eigenvalue weighted by molar-refractivity contribution is -0.117. The van der Waals surface area contributed by atoms with Crippen LogP contribution in [0.2, 0.25) is 0 Å². The number of para-hydroxylation sites is 2. The number of nitrogen functional groups attached to an aromatic ring is 1. The molecule has 0 aromatic heterocycles. The topological polar surface area (TPSA) is 72.3 Å². The van der Waals surface area contributed by atoms with Gasteiger partial charge in [-0.3, -0.25) is 4.79 Å². The van der Waals surface area contributed by atoms with Gasteiger partial charge in [0.25, 0.3) is 0 Å². The molecule has 14 heavy (non-hydrogen) atoms. The molecule has 1 saturated heterocycles. The number of carbonyl (C=O) groups is 1. The summed E-state index contributed by atoms with van der Waals surface area (Å²) < 4.78 is 0. The van der Waals surface area contributed by atoms with Crippen molar-refractivity contribution in [2.24, 2.45) is 5.73 Å². The van der Waals surface area contributed by atoms with E-state index >= 15 is 0 Å². The van der Waals surface area contributed by atoms with Crippen molar-refractivity contribution in [1.82, 2.24) is 0 Å². The molecule has 4 nitrogen and oxygen atoms in total. The van der Waals surface area contributed by atoms with Gasteiger partial charge in [0.15, 0.2) is 0 Å². The Morgan fingerprint density at radius 2 is 2.07 bits per heavy atom. The minimum atomic E-state index is -0.0675. The second-order valence-electron chi connectivity index (χ2n) is 3.53. The predicted octanol–water partition coefficient (Wildman–Crippen LogP) is 0.333. The van der Waals surface area contributed by atoms with Gasteiger partial charge in [0.05, 0.1) is 11.4 Å². The van der Waals surface area contributed by atoms with Crippen LogP contribution in [0.1, 0.15) is 6.42 Å². The van der Waals surface area contributed by atoms with Gasteiger partial charge in [-0.1, -0.05) is 12.1 Å². The highest BCUT2D eigenvalue weighted by Crippen LogP contribution is 2.26. The number of amides is 1. The lowest BCUT2D eigenvalue weighted by Gasteiger charge is -2.17. The highest BCUT2D eigenvalue weighted by atomic mass is 16.2. The van der Waals surface area contributed by atoms with Crippen LogP contribution >= 0.6 is 0 Å². The van der Waals surface area contributed by atoms with E-state index in [2.05, 4.69) is 0 Å². The molecule has 1 heterocycles. The Labute approximate surface area is 82.5 Å². The van der Waals surface area contributed by atoms with Crippen molar-refractivity contribution in [2.75, 3.05) is 17.2 Å². The van der Waals surface area contributed by atoms with Crippen LogP contribution in [0.25, 0.3) is 0 Å². The van der Waals surface area contributed by atoms with Crippen LogP contribution in [-0.2, 0) is 4.79 Å². The van der Waals surface area contributed by atoms with E-state index in [4.69, 9.17) is 11.5 Å². The van der Waals surface area contributed by atoms with Gasteiger partial charge in [-0.2, -0.15) is 0 Å². The highest BCUT2D eigenvalue weighted by Gasteiger charge is 2.28. The molecule has 2 rings (SSSR count). The maximum Gasteiger partial charge on any atom is 0.228 e. The van der Waals surface area contributed by atoms with Crippen molar-refractivity contribution in [3.05, 3.63) is 24.3 Å². The lowest BCUT2D eigenvalue weighted by atomic mass is 10.2. The quantitative estimate of drug-likeness (QED) is 0.628. The molecule has 0 aliphatic carbocycles. The van der Waals surface area contributed by atoms with Crippen LogP contribution in [0.4, 0.5) is 11.4 Å². The van der Waals surface area contributed by atoms with E-state index in [1.807, 2.05) is 18.2 Å². The summed E-state index contributed by atoms with van der Waals surface area (Å²) in [5, 5.41) is 0. The summed E-state index contributed by atoms with van der Waals surface area (Å²) in [6.45, 7) is 0.563. The number of rotatable bonds is 1. The molecule has 0 radical (unpaired) electrons. The van der Waals surface area contributed by atoms with Crippen molar-refractivity contribution in [1.29, 1.82) is 0 Å². The van der Waals surface area contributed by atoms with Crippen molar-refractivity contribution in [3.8, 4) is 0 Å². The molecule has 1 aliphatic heterocycles. The van der Waals surface area contributed by atoms with Gasteiger partial charge in [0, 0.05) is 19.0 Å². The number of anilines is 2. The van der Waals surface area contributed by atoms with Crippen LogP contribution in [-0.4, -0.2) is 18.5 Å². The maximum atomic E-state index is 11.5. The zero-order valence-electron chi connectivity index (χ0n) is 7.81. The van der Waals surface area contributed by atoms with Gasteiger partial charge in [0.1, 0.15) is 0 Å². The van der Waals surface area contributed by atoms with Crippen LogP contribution in [0.5, 0.6) is 0 Å². The molecule has 1 aromatic rings. The second-order valence-corrected chi connectivity index (χ2v) is 3.53. The molecule has 1 aliphatic rings. The third-order valence-corrected chi connectivity index (χ3v) is 2.38. The monoisotopic (exact) mass is 191 g/mol. The molecular formula is C10H13N3O. The molecule has 4 N–H and O–H groups in total. The maximum absolute atomic E-state index is 11.5. The Morgan fingerprint density at radius 1 is 1.36 bits per heavy atom. The molecule has 0 saturated carbocycles. The van der Waals surface area contributed by atoms with E-state index in [-0.39, 0.29) is 11.9 Å². The number of hydrogen-bond donors (Lipinski definition) is 2. The molecular weight excluding hydrogens is 178 g/mol. The summed E-state index contributed by atoms with van der Waals surface area (Å²) in [6, 6.07) is 7.27. The van der Waals surface area contributed by atoms with Gasteiger partial charge in [-0.15, -0.1) is 0 Å². The van der Waals surface area contributed by atoms with Crippen molar-refractivity contribution >= 4 is 17.3 Å². The molecule has 0 spiro atoms. The van der Waals surface area contributed by atoms with Crippen molar-refractivity contribution in [3.63, 3.8) is 0 Å². The Bertz CT molecular complexity index is 364. The lowest BCUT2D eigenvalue weighted by Crippen LogP contribution is -2.28. The average Bonchev–Trinajstić information content (AvgIpc) is 2.46. The van der Waals surface area contributed by atoms with Crippen LogP contribution in [0.15, 0.2) is 24.3 Å². The van der Waals surface area contributed by atoms with E-state index in [1.54, 1.807) is 11.0 Å². The normalized spacial score (nSPS) is 21.6. The van der Waals surface area contributed by atoms with E-state index in [0.29, 0.717) is 18.7 Å². The average molecular weight is 191 g/mol. The van der Waals surface area contributed by atoms with Crippen LogP contribution in [0.3, 0.4) is 0 Å². The van der Waals surface area contributed by atoms with Gasteiger partial charge in [-0.05, 0) is 12.1 Å². The smallest absolute Gasteiger partial charge is 0.228 e. The Kier molecular flexibility index (Phi) is 2.13. The molecule has 4 heteroatoms. The second kappa shape index (κ2) is 3.31. The Hall–Kier alpha value is -1.55. The molecule has 1 fully saturated rings. The first-order valence-corrected chi connectivity index (χ1v) is 4.59. The number of benzene rings is 1. The third-order valence-electron chi connectivity index (χ3n) is 2.38. The first kappa shape index (κ1) is 9.02. The molecule has 74 valence electrons. The van der Waals surface area contributed by atoms with Gasteiger partial charge < -0.3 is 16.4 Å². The summed E-state index contributed by atoms with van der Waals surface area (Å²) in [5.74, 6) is 0.0513. The highest BCUT2D eigenvalue weighted by molar-refractivity contribution is 5.98. The predicted molar refractivity (Wildman–Crippen MR) is 55.8 cm³/mol. The standard InChI is InChI=1S/C10H13N3O/c11-7-5-10(14)13(6-7)9-4-2-1-3-8(9)12/h1-4,7H,5-6,11-12H2. The number of nitrogens with two attached hydrogens (primary N) is 2. The van der Waals surface area contributed by atoms with Crippen molar-refractivity contribution < 1.29 is 4.79 Å². The van der Waals surface area contributed by atoms with Gasteiger partial charge in [-0.25, -0.2) is 0 Å². The minimum Gasteiger partial charge on any atom is -0.397 e. The molecule has 1 aromatic carbocycles. The SMILES string of the molecule is Nc1ccccc1N1CC(N)CC1=O. The van der Waals surface area contributed by atoms with Gasteiger partial charge >= 0.3 is 0 Å². The number of hydrogen-bond acceptors (Lipinski definition) is 3. The zero-order chi connectivity index (χ0) is 10.1. The first-order valence-electron chi connectivity index (χ1n) is 4.59. The summed E-state index contributed by atoms with van der Waals surface area (Å²) in [5.41, 5.74) is 12.9. The fourth-order valence-electron chi connectivity index (χ4n) is 1.70. The summed E-state index contributed by atoms with van der Waals surface area (Å²) in [4.78, 5) is 13.2. The Morgan fingerprint density at radius 3 is 2.64 bits per heavy atom. The fraction of sp³-hybridized carbons (Fsp3) is 0.300. The summed E-state index contributed by atoms with van der Waals surface area (Å²) in [7, 11) is 0. The zero-order valence-corrected chi connectivity index (χ0v) is 7.81. The molecule has 1 atom stereocenters. The molecule has 1 amide bonds.